The van der Waals surface area contributed by atoms with Gasteiger partial charge in [0.15, 0.2) is 0 Å². The number of hydrogen-bond donors (Lipinski definition) is 2. The van der Waals surface area contributed by atoms with Gasteiger partial charge >= 0.3 is 0 Å². The van der Waals surface area contributed by atoms with E-state index in [9.17, 15) is 0 Å². The highest BCUT2D eigenvalue weighted by Gasteiger charge is 2.16. The minimum absolute atomic E-state index is 0.141. The van der Waals surface area contributed by atoms with Gasteiger partial charge in [-0.2, -0.15) is 0 Å². The molecule has 0 radical (unpaired) electrons. The topological polar surface area (TPSA) is 32.3 Å². The number of rotatable bonds is 4. The highest BCUT2D eigenvalue weighted by molar-refractivity contribution is 5.26. The second-order valence-electron chi connectivity index (χ2n) is 3.94. The van der Waals surface area contributed by atoms with Gasteiger partial charge in [-0.3, -0.25) is 0 Å². The summed E-state index contributed by atoms with van der Waals surface area (Å²) in [5.41, 5.74) is 2.27. The maximum Gasteiger partial charge on any atom is 0.0685 e. The quantitative estimate of drug-likeness (QED) is 0.761. The molecule has 0 spiro atoms. The summed E-state index contributed by atoms with van der Waals surface area (Å²) in [7, 11) is 0. The third-order valence-corrected chi connectivity index (χ3v) is 2.98. The van der Waals surface area contributed by atoms with Crippen LogP contribution in [0.15, 0.2) is 24.3 Å². The summed E-state index contributed by atoms with van der Waals surface area (Å²) in [5.74, 6) is 0. The first-order chi connectivity index (χ1) is 6.90. The predicted octanol–water partition coefficient (Wildman–Crippen LogP) is 1.82. The van der Waals surface area contributed by atoms with E-state index < -0.39 is 0 Å². The van der Waals surface area contributed by atoms with Crippen LogP contribution in [-0.4, -0.2) is 11.1 Å². The summed E-state index contributed by atoms with van der Waals surface area (Å²) in [4.78, 5) is 0. The molecule has 0 bridgehead atoms. The van der Waals surface area contributed by atoms with Crippen molar-refractivity contribution >= 4 is 0 Å². The van der Waals surface area contributed by atoms with E-state index in [0.29, 0.717) is 6.04 Å². The average molecular weight is 191 g/mol. The molecule has 1 aliphatic rings. The van der Waals surface area contributed by atoms with Gasteiger partial charge in [-0.25, -0.2) is 0 Å². The predicted molar refractivity (Wildman–Crippen MR) is 56.8 cm³/mol. The van der Waals surface area contributed by atoms with Crippen LogP contribution in [0, 0.1) is 0 Å². The van der Waals surface area contributed by atoms with Gasteiger partial charge in [0, 0.05) is 12.6 Å². The maximum absolute atomic E-state index is 9.13. The van der Waals surface area contributed by atoms with Crippen LogP contribution >= 0.6 is 0 Å². The fourth-order valence-corrected chi connectivity index (χ4v) is 1.75. The molecule has 2 rings (SSSR count). The van der Waals surface area contributed by atoms with Gasteiger partial charge in [0.25, 0.3) is 0 Å². The van der Waals surface area contributed by atoms with Crippen molar-refractivity contribution in [2.24, 2.45) is 0 Å². The van der Waals surface area contributed by atoms with Crippen LogP contribution in [0.2, 0.25) is 0 Å². The molecule has 1 fully saturated rings. The Morgan fingerprint density at radius 2 is 1.93 bits per heavy atom. The van der Waals surface area contributed by atoms with Crippen molar-refractivity contribution in [3.05, 3.63) is 35.4 Å². The molecule has 2 N–H and O–H groups in total. The fraction of sp³-hybridized carbons (Fsp3) is 0.500. The maximum atomic E-state index is 9.13. The third kappa shape index (κ3) is 2.14. The molecule has 0 amide bonds. The Hall–Kier alpha value is -0.860. The lowest BCUT2D eigenvalue weighted by Crippen LogP contribution is -2.34. The third-order valence-electron chi connectivity index (χ3n) is 2.98. The van der Waals surface area contributed by atoms with E-state index in [1.165, 1.54) is 24.8 Å². The van der Waals surface area contributed by atoms with E-state index in [1.807, 2.05) is 18.2 Å². The molecule has 0 atom stereocenters. The Bertz CT molecular complexity index is 294. The largest absolute Gasteiger partial charge is 0.392 e. The normalized spacial score (nSPS) is 16.6. The molecule has 2 nitrogen and oxygen atoms in total. The zero-order valence-electron chi connectivity index (χ0n) is 8.37. The number of nitrogens with one attached hydrogen (secondary N) is 1. The Balaban J connectivity index is 1.93. The first-order valence-electron chi connectivity index (χ1n) is 5.31. The van der Waals surface area contributed by atoms with Crippen LogP contribution in [0.1, 0.15) is 30.4 Å². The van der Waals surface area contributed by atoms with Crippen molar-refractivity contribution < 1.29 is 5.11 Å². The van der Waals surface area contributed by atoms with Gasteiger partial charge in [0.05, 0.1) is 6.61 Å². The Kier molecular flexibility index (Phi) is 3.17. The van der Waals surface area contributed by atoms with Crippen molar-refractivity contribution in [2.75, 3.05) is 0 Å². The van der Waals surface area contributed by atoms with Crippen molar-refractivity contribution in [1.82, 2.24) is 5.32 Å². The molecule has 14 heavy (non-hydrogen) atoms. The Morgan fingerprint density at radius 1 is 1.21 bits per heavy atom. The molecule has 2 heteroatoms. The van der Waals surface area contributed by atoms with Gasteiger partial charge in [0.1, 0.15) is 0 Å². The molecule has 0 aliphatic heterocycles. The van der Waals surface area contributed by atoms with Crippen LogP contribution in [0.4, 0.5) is 0 Å². The number of aliphatic hydroxyl groups excluding tert-OH is 1. The first-order valence-corrected chi connectivity index (χ1v) is 5.31. The lowest BCUT2D eigenvalue weighted by molar-refractivity contribution is 0.279. The standard InChI is InChI=1S/C12H17NO/c14-9-11-5-2-1-4-10(11)8-13-12-6-3-7-12/h1-2,4-5,12-14H,3,6-9H2. The van der Waals surface area contributed by atoms with Crippen molar-refractivity contribution in [3.8, 4) is 0 Å². The smallest absolute Gasteiger partial charge is 0.0685 e. The highest BCUT2D eigenvalue weighted by Crippen LogP contribution is 2.19. The second kappa shape index (κ2) is 4.58. The van der Waals surface area contributed by atoms with E-state index in [1.54, 1.807) is 0 Å². The van der Waals surface area contributed by atoms with Gasteiger partial charge in [-0.15, -0.1) is 0 Å². The first kappa shape index (κ1) is 9.69. The molecular formula is C12H17NO. The second-order valence-corrected chi connectivity index (χ2v) is 3.94. The van der Waals surface area contributed by atoms with E-state index in [2.05, 4.69) is 11.4 Å². The van der Waals surface area contributed by atoms with Crippen LogP contribution in [0.3, 0.4) is 0 Å². The molecule has 1 aromatic carbocycles. The zero-order chi connectivity index (χ0) is 9.80. The highest BCUT2D eigenvalue weighted by atomic mass is 16.3. The number of hydrogen-bond acceptors (Lipinski definition) is 2. The van der Waals surface area contributed by atoms with E-state index in [0.717, 1.165) is 12.1 Å². The summed E-state index contributed by atoms with van der Waals surface area (Å²) in [6.07, 6.45) is 3.97. The Labute approximate surface area is 85.0 Å². The van der Waals surface area contributed by atoms with Crippen LogP contribution in [0.25, 0.3) is 0 Å². The Morgan fingerprint density at radius 3 is 2.50 bits per heavy atom. The summed E-state index contributed by atoms with van der Waals surface area (Å²) in [6, 6.07) is 8.77. The summed E-state index contributed by atoms with van der Waals surface area (Å²) in [5, 5.41) is 12.6. The van der Waals surface area contributed by atoms with Crippen LogP contribution in [-0.2, 0) is 13.2 Å². The van der Waals surface area contributed by atoms with Crippen LogP contribution in [0.5, 0.6) is 0 Å². The van der Waals surface area contributed by atoms with Gasteiger partial charge in [-0.05, 0) is 24.0 Å². The molecule has 0 saturated heterocycles. The summed E-state index contributed by atoms with van der Waals surface area (Å²) in [6.45, 7) is 1.03. The van der Waals surface area contributed by atoms with Crippen molar-refractivity contribution in [3.63, 3.8) is 0 Å². The zero-order valence-corrected chi connectivity index (χ0v) is 8.37. The molecule has 0 aromatic heterocycles. The molecule has 0 unspecified atom stereocenters. The van der Waals surface area contributed by atoms with Crippen molar-refractivity contribution in [2.45, 2.75) is 38.5 Å². The van der Waals surface area contributed by atoms with E-state index in [4.69, 9.17) is 5.11 Å². The molecule has 0 heterocycles. The molecule has 1 saturated carbocycles. The molecular weight excluding hydrogens is 174 g/mol. The average Bonchev–Trinajstić information content (AvgIpc) is 2.16. The van der Waals surface area contributed by atoms with E-state index >= 15 is 0 Å². The lowest BCUT2D eigenvalue weighted by Gasteiger charge is -2.26. The monoisotopic (exact) mass is 191 g/mol. The van der Waals surface area contributed by atoms with Gasteiger partial charge in [0.2, 0.25) is 0 Å². The number of aliphatic hydroxyl groups is 1. The fourth-order valence-electron chi connectivity index (χ4n) is 1.75. The molecule has 1 aromatic rings. The van der Waals surface area contributed by atoms with Crippen LogP contribution < -0.4 is 5.32 Å². The molecule has 1 aliphatic carbocycles. The summed E-state index contributed by atoms with van der Waals surface area (Å²) < 4.78 is 0. The minimum atomic E-state index is 0.141. The molecule has 76 valence electrons. The SMILES string of the molecule is OCc1ccccc1CNC1CCC1. The van der Waals surface area contributed by atoms with Crippen molar-refractivity contribution in [1.29, 1.82) is 0 Å². The van der Waals surface area contributed by atoms with E-state index in [-0.39, 0.29) is 6.61 Å². The number of benzene rings is 1. The van der Waals surface area contributed by atoms with Gasteiger partial charge in [-0.1, -0.05) is 30.7 Å². The summed E-state index contributed by atoms with van der Waals surface area (Å²) >= 11 is 0. The van der Waals surface area contributed by atoms with Gasteiger partial charge < -0.3 is 10.4 Å². The minimum Gasteiger partial charge on any atom is -0.392 e. The lowest BCUT2D eigenvalue weighted by atomic mass is 9.93.